The third-order valence-corrected chi connectivity index (χ3v) is 5.60. The number of carbonyl (C=O) groups excluding carboxylic acids is 1. The van der Waals surface area contributed by atoms with Crippen molar-refractivity contribution in [2.24, 2.45) is 11.8 Å². The van der Waals surface area contributed by atoms with E-state index >= 15 is 0 Å². The van der Waals surface area contributed by atoms with E-state index in [1.807, 2.05) is 12.1 Å². The lowest BCUT2D eigenvalue weighted by Gasteiger charge is -2.41. The number of hydrogen-bond donors (Lipinski definition) is 1. The van der Waals surface area contributed by atoms with Crippen molar-refractivity contribution in [3.05, 3.63) is 53.6 Å². The summed E-state index contributed by atoms with van der Waals surface area (Å²) in [6.45, 7) is 3.82. The molecule has 1 aliphatic heterocycles. The second kappa shape index (κ2) is 7.95. The van der Waals surface area contributed by atoms with Crippen molar-refractivity contribution < 1.29 is 14.7 Å². The number of nitrogens with zero attached hydrogens (tertiary/aromatic N) is 1. The van der Waals surface area contributed by atoms with Crippen molar-refractivity contribution in [3.63, 3.8) is 0 Å². The molecule has 0 saturated heterocycles. The van der Waals surface area contributed by atoms with Crippen LogP contribution in [0.25, 0.3) is 11.1 Å². The molecule has 1 heterocycles. The quantitative estimate of drug-likeness (QED) is 0.804. The lowest BCUT2D eigenvalue weighted by Crippen LogP contribution is -2.43. The molecule has 2 aromatic rings. The maximum Gasteiger partial charge on any atom is 0.335 e. The normalized spacial score (nSPS) is 20.9. The van der Waals surface area contributed by atoms with Gasteiger partial charge in [0.2, 0.25) is 0 Å². The number of aromatic carboxylic acids is 1. The fourth-order valence-corrected chi connectivity index (χ4v) is 4.31. The predicted octanol–water partition coefficient (Wildman–Crippen LogP) is 4.66. The summed E-state index contributed by atoms with van der Waals surface area (Å²) in [5, 5.41) is 9.03. The highest BCUT2D eigenvalue weighted by atomic mass is 16.4. The van der Waals surface area contributed by atoms with Gasteiger partial charge >= 0.3 is 5.97 Å². The van der Waals surface area contributed by atoms with Gasteiger partial charge in [-0.1, -0.05) is 25.1 Å². The third-order valence-electron chi connectivity index (χ3n) is 5.60. The topological polar surface area (TPSA) is 57.6 Å². The van der Waals surface area contributed by atoms with Gasteiger partial charge in [0.1, 0.15) is 6.29 Å². The molecular formula is C23H27NO3. The molecule has 2 atom stereocenters. The van der Waals surface area contributed by atoms with Crippen LogP contribution in [-0.4, -0.2) is 30.5 Å². The number of carboxylic acid groups (broad SMARTS) is 1. The number of rotatable bonds is 3. The zero-order valence-electron chi connectivity index (χ0n) is 16.2. The average Bonchev–Trinajstić information content (AvgIpc) is 3.47. The van der Waals surface area contributed by atoms with Crippen molar-refractivity contribution in [1.82, 2.24) is 0 Å². The van der Waals surface area contributed by atoms with Gasteiger partial charge in [0.05, 0.1) is 5.56 Å². The van der Waals surface area contributed by atoms with Crippen molar-refractivity contribution in [3.8, 4) is 11.1 Å². The lowest BCUT2D eigenvalue weighted by atomic mass is 9.83. The van der Waals surface area contributed by atoms with E-state index < -0.39 is 5.97 Å². The van der Waals surface area contributed by atoms with Crippen LogP contribution in [-0.2, 0) is 11.2 Å². The Morgan fingerprint density at radius 3 is 2.26 bits per heavy atom. The summed E-state index contributed by atoms with van der Waals surface area (Å²) in [6.07, 6.45) is 4.63. The first-order valence-electron chi connectivity index (χ1n) is 9.55. The summed E-state index contributed by atoms with van der Waals surface area (Å²) < 4.78 is 0. The zero-order valence-corrected chi connectivity index (χ0v) is 16.2. The van der Waals surface area contributed by atoms with Gasteiger partial charge in [-0.15, -0.1) is 0 Å². The molecule has 0 amide bonds. The van der Waals surface area contributed by atoms with E-state index in [0.717, 1.165) is 29.8 Å². The van der Waals surface area contributed by atoms with Crippen LogP contribution in [0.1, 0.15) is 42.6 Å². The maximum absolute atomic E-state index is 11.0. The molecule has 142 valence electrons. The first-order chi connectivity index (χ1) is 13.0. The summed E-state index contributed by atoms with van der Waals surface area (Å²) >= 11 is 0. The molecule has 0 radical (unpaired) electrons. The van der Waals surface area contributed by atoms with Crippen molar-refractivity contribution in [1.29, 1.82) is 0 Å². The van der Waals surface area contributed by atoms with Gasteiger partial charge in [-0.25, -0.2) is 4.79 Å². The van der Waals surface area contributed by atoms with E-state index in [0.29, 0.717) is 17.5 Å². The molecule has 1 aliphatic carbocycles. The smallest absolute Gasteiger partial charge is 0.335 e. The first kappa shape index (κ1) is 19.2. The van der Waals surface area contributed by atoms with Gasteiger partial charge in [0.15, 0.2) is 0 Å². The van der Waals surface area contributed by atoms with Crippen LogP contribution in [0.15, 0.2) is 42.5 Å². The van der Waals surface area contributed by atoms with Crippen LogP contribution in [0.5, 0.6) is 0 Å². The van der Waals surface area contributed by atoms with Gasteiger partial charge in [-0.3, -0.25) is 0 Å². The highest BCUT2D eigenvalue weighted by molar-refractivity contribution is 5.88. The van der Waals surface area contributed by atoms with Gasteiger partial charge in [-0.05, 0) is 79.0 Å². The molecule has 2 aliphatic rings. The minimum Gasteiger partial charge on any atom is -0.478 e. The SMILES string of the molecule is CC=O.C[C@@H]1Cc2cc(-c3ccc(C(=O)O)cc3)ccc2N(C)[C@H]1C1CC1. The van der Waals surface area contributed by atoms with E-state index in [2.05, 4.69) is 37.1 Å². The number of hydrogen-bond acceptors (Lipinski definition) is 3. The highest BCUT2D eigenvalue weighted by Gasteiger charge is 2.40. The molecule has 1 fully saturated rings. The van der Waals surface area contributed by atoms with Crippen molar-refractivity contribution in [2.45, 2.75) is 39.2 Å². The zero-order chi connectivity index (χ0) is 19.6. The van der Waals surface area contributed by atoms with Crippen molar-refractivity contribution >= 4 is 17.9 Å². The van der Waals surface area contributed by atoms with Gasteiger partial charge < -0.3 is 14.8 Å². The van der Waals surface area contributed by atoms with E-state index in [9.17, 15) is 4.79 Å². The van der Waals surface area contributed by atoms with E-state index in [1.54, 1.807) is 12.1 Å². The van der Waals surface area contributed by atoms with Crippen LogP contribution in [0.3, 0.4) is 0 Å². The summed E-state index contributed by atoms with van der Waals surface area (Å²) in [5.41, 5.74) is 5.33. The Labute approximate surface area is 160 Å². The molecule has 1 N–H and O–H groups in total. The van der Waals surface area contributed by atoms with E-state index in [-0.39, 0.29) is 0 Å². The van der Waals surface area contributed by atoms with Crippen LogP contribution < -0.4 is 4.90 Å². The first-order valence-corrected chi connectivity index (χ1v) is 9.55. The summed E-state index contributed by atoms with van der Waals surface area (Å²) in [6, 6.07) is 14.5. The van der Waals surface area contributed by atoms with Crippen LogP contribution in [0, 0.1) is 11.8 Å². The lowest BCUT2D eigenvalue weighted by molar-refractivity contribution is -0.106. The fourth-order valence-electron chi connectivity index (χ4n) is 4.31. The summed E-state index contributed by atoms with van der Waals surface area (Å²) in [4.78, 5) is 22.3. The standard InChI is InChI=1S/C21H23NO2.C2H4O/c1-13-11-18-12-17(14-3-7-16(8-4-14)21(23)24)9-10-19(18)22(2)20(13)15-5-6-15;1-2-3/h3-4,7-10,12-13,15,20H,5-6,11H2,1-2H3,(H,23,24);2H,1H3/t13-,20-;/m1./s1. The number of carbonyl (C=O) groups is 2. The Morgan fingerprint density at radius 1 is 1.11 bits per heavy atom. The molecule has 0 aromatic heterocycles. The number of fused-ring (bicyclic) bond motifs is 1. The molecule has 1 saturated carbocycles. The third kappa shape index (κ3) is 4.05. The fraction of sp³-hybridized carbons (Fsp3) is 0.391. The Balaban J connectivity index is 0.000000659. The molecule has 0 spiro atoms. The predicted molar refractivity (Wildman–Crippen MR) is 108 cm³/mol. The van der Waals surface area contributed by atoms with E-state index in [1.165, 1.54) is 31.0 Å². The van der Waals surface area contributed by atoms with Crippen LogP contribution in [0.4, 0.5) is 5.69 Å². The number of anilines is 1. The molecule has 4 rings (SSSR count). The molecule has 27 heavy (non-hydrogen) atoms. The number of benzene rings is 2. The monoisotopic (exact) mass is 365 g/mol. The molecular weight excluding hydrogens is 338 g/mol. The van der Waals surface area contributed by atoms with Gasteiger partial charge in [0.25, 0.3) is 0 Å². The Hall–Kier alpha value is -2.62. The van der Waals surface area contributed by atoms with Crippen LogP contribution in [0.2, 0.25) is 0 Å². The highest BCUT2D eigenvalue weighted by Crippen LogP contribution is 2.45. The van der Waals surface area contributed by atoms with Crippen molar-refractivity contribution in [2.75, 3.05) is 11.9 Å². The molecule has 4 heteroatoms. The van der Waals surface area contributed by atoms with Crippen LogP contribution >= 0.6 is 0 Å². The Bertz CT molecular complexity index is 824. The summed E-state index contributed by atoms with van der Waals surface area (Å²) in [7, 11) is 2.23. The average molecular weight is 365 g/mol. The molecule has 2 aromatic carbocycles. The largest absolute Gasteiger partial charge is 0.478 e. The Kier molecular flexibility index (Phi) is 5.64. The van der Waals surface area contributed by atoms with Gasteiger partial charge in [-0.2, -0.15) is 0 Å². The minimum absolute atomic E-state index is 0.331. The molecule has 0 bridgehead atoms. The summed E-state index contributed by atoms with van der Waals surface area (Å²) in [5.74, 6) is 0.676. The second-order valence-electron chi connectivity index (χ2n) is 7.58. The maximum atomic E-state index is 11.0. The molecule has 4 nitrogen and oxygen atoms in total. The number of carboxylic acids is 1. The molecule has 0 unspecified atom stereocenters. The van der Waals surface area contributed by atoms with E-state index in [4.69, 9.17) is 9.90 Å². The number of aldehydes is 1. The van der Waals surface area contributed by atoms with Gasteiger partial charge in [0, 0.05) is 18.8 Å². The Morgan fingerprint density at radius 2 is 1.70 bits per heavy atom. The second-order valence-corrected chi connectivity index (χ2v) is 7.58. The minimum atomic E-state index is -0.881.